The zero-order chi connectivity index (χ0) is 32.9. The van der Waals surface area contributed by atoms with Crippen molar-refractivity contribution in [2.45, 2.75) is 0 Å². The number of rotatable bonds is 8. The van der Waals surface area contributed by atoms with Crippen molar-refractivity contribution >= 4 is 29.2 Å². The molecule has 0 N–H and O–H groups in total. The average Bonchev–Trinajstić information content (AvgIpc) is 3.20. The molecule has 0 saturated heterocycles. The largest absolute Gasteiger partial charge is 0.264 e. The molecular weight excluding hydrogens is 615 g/mol. The fourth-order valence-electron chi connectivity index (χ4n) is 6.40. The van der Waals surface area contributed by atoms with Gasteiger partial charge >= 0.3 is 0 Å². The molecule has 0 spiro atoms. The summed E-state index contributed by atoms with van der Waals surface area (Å²) in [5, 5.41) is 3.98. The number of hydrogen-bond donors (Lipinski definition) is 0. The first kappa shape index (κ1) is 30.0. The molecule has 49 heavy (non-hydrogen) atoms. The van der Waals surface area contributed by atoms with Gasteiger partial charge in [0.15, 0.2) is 0 Å². The van der Waals surface area contributed by atoms with E-state index in [-0.39, 0.29) is 0 Å². The molecular formula is C43H31N5Si. The molecule has 3 aromatic carbocycles. The molecule has 0 fully saturated rings. The van der Waals surface area contributed by atoms with E-state index in [9.17, 15) is 0 Å². The van der Waals surface area contributed by atoms with Crippen LogP contribution in [0.1, 0.15) is 0 Å². The second kappa shape index (κ2) is 13.4. The molecule has 0 aliphatic carbocycles. The van der Waals surface area contributed by atoms with Gasteiger partial charge in [0.05, 0.1) is 11.4 Å². The Hall–Kier alpha value is -6.37. The summed E-state index contributed by atoms with van der Waals surface area (Å²) in [6, 6.07) is 54.4. The van der Waals surface area contributed by atoms with E-state index in [4.69, 9.17) is 15.0 Å². The zero-order valence-electron chi connectivity index (χ0n) is 26.6. The predicted molar refractivity (Wildman–Crippen MR) is 201 cm³/mol. The fourth-order valence-corrected chi connectivity index (χ4v) is 10.5. The Kier molecular flexibility index (Phi) is 8.20. The van der Waals surface area contributed by atoms with Crippen LogP contribution in [0.2, 0.25) is 0 Å². The molecule has 8 rings (SSSR count). The summed E-state index contributed by atoms with van der Waals surface area (Å²) in [5.41, 5.74) is 8.17. The maximum atomic E-state index is 5.26. The van der Waals surface area contributed by atoms with Crippen LogP contribution in [0.15, 0.2) is 189 Å². The third-order valence-electron chi connectivity index (χ3n) is 8.90. The zero-order valence-corrected chi connectivity index (χ0v) is 27.6. The van der Waals surface area contributed by atoms with Gasteiger partial charge in [-0.2, -0.15) is 0 Å². The van der Waals surface area contributed by atoms with E-state index in [1.165, 1.54) is 5.56 Å². The highest BCUT2D eigenvalue weighted by molar-refractivity contribution is 7.18. The van der Waals surface area contributed by atoms with E-state index in [0.29, 0.717) is 0 Å². The van der Waals surface area contributed by atoms with Gasteiger partial charge in [0.2, 0.25) is 8.07 Å². The quantitative estimate of drug-likeness (QED) is 0.172. The lowest BCUT2D eigenvalue weighted by atomic mass is 10.1. The molecule has 232 valence electrons. The highest BCUT2D eigenvalue weighted by Gasteiger charge is 2.46. The molecule has 8 aromatic rings. The van der Waals surface area contributed by atoms with Gasteiger partial charge < -0.3 is 0 Å². The normalized spacial score (nSPS) is 11.3. The van der Waals surface area contributed by atoms with Gasteiger partial charge in [-0.1, -0.05) is 103 Å². The smallest absolute Gasteiger partial charge is 0.243 e. The fraction of sp³-hybridized carbons (Fsp3) is 0. The highest BCUT2D eigenvalue weighted by Crippen LogP contribution is 2.22. The lowest BCUT2D eigenvalue weighted by molar-refractivity contribution is 1.28. The Bertz CT molecular complexity index is 1930. The van der Waals surface area contributed by atoms with Gasteiger partial charge in [0.25, 0.3) is 0 Å². The van der Waals surface area contributed by atoms with E-state index in [1.54, 1.807) is 0 Å². The minimum Gasteiger partial charge on any atom is -0.264 e. The summed E-state index contributed by atoms with van der Waals surface area (Å²) in [5.74, 6) is 0. The van der Waals surface area contributed by atoms with Crippen LogP contribution in [0.25, 0.3) is 44.8 Å². The highest BCUT2D eigenvalue weighted by atomic mass is 28.3. The van der Waals surface area contributed by atoms with Gasteiger partial charge in [0.1, 0.15) is 0 Å². The monoisotopic (exact) mass is 645 g/mol. The van der Waals surface area contributed by atoms with Gasteiger partial charge in [-0.25, -0.2) is 0 Å². The van der Waals surface area contributed by atoms with Crippen molar-refractivity contribution in [3.8, 4) is 44.8 Å². The number of nitrogens with zero attached hydrogens (tertiary/aromatic N) is 5. The van der Waals surface area contributed by atoms with Crippen molar-refractivity contribution in [2.75, 3.05) is 0 Å². The molecule has 5 aromatic heterocycles. The lowest BCUT2D eigenvalue weighted by Crippen LogP contribution is -2.77. The van der Waals surface area contributed by atoms with Crippen molar-refractivity contribution in [1.82, 2.24) is 24.9 Å². The Morgan fingerprint density at radius 1 is 0.286 bits per heavy atom. The first-order chi connectivity index (χ1) is 24.3. The summed E-state index contributed by atoms with van der Waals surface area (Å²) in [6.07, 6.45) is 9.45. The van der Waals surface area contributed by atoms with Crippen molar-refractivity contribution in [3.05, 3.63) is 189 Å². The third-order valence-corrected chi connectivity index (χ3v) is 13.3. The van der Waals surface area contributed by atoms with Gasteiger partial charge in [-0.05, 0) is 82.0 Å². The van der Waals surface area contributed by atoms with Gasteiger partial charge in [-0.3, -0.25) is 24.9 Å². The first-order valence-electron chi connectivity index (χ1n) is 16.2. The van der Waals surface area contributed by atoms with Crippen LogP contribution in [0.5, 0.6) is 0 Å². The summed E-state index contributed by atoms with van der Waals surface area (Å²) >= 11 is 0. The molecule has 5 nitrogen and oxygen atoms in total. The Balaban J connectivity index is 1.35. The van der Waals surface area contributed by atoms with Crippen LogP contribution < -0.4 is 21.1 Å². The minimum absolute atomic E-state index is 0.879. The molecule has 0 aliphatic rings. The minimum atomic E-state index is -3.17. The number of aromatic nitrogens is 5. The molecule has 0 saturated carbocycles. The second-order valence-electron chi connectivity index (χ2n) is 11.8. The Labute approximate surface area is 286 Å². The van der Waals surface area contributed by atoms with Crippen LogP contribution in [-0.2, 0) is 0 Å². The maximum absolute atomic E-state index is 5.26. The molecule has 0 bridgehead atoms. The van der Waals surface area contributed by atoms with E-state index in [1.807, 2.05) is 79.5 Å². The predicted octanol–water partition coefficient (Wildman–Crippen LogP) is 6.71. The third kappa shape index (κ3) is 5.86. The van der Waals surface area contributed by atoms with E-state index in [2.05, 4.69) is 119 Å². The molecule has 0 amide bonds. The van der Waals surface area contributed by atoms with Crippen LogP contribution in [0.4, 0.5) is 0 Å². The SMILES string of the molecule is c1ccc(-c2ccc([Si](c3ccc(-c4ccccc4)cn3)(c3ccc(-c4ccccn4)cn3)c3ccc(-c4ccccn4)cn3)cc2)cc1. The topological polar surface area (TPSA) is 64.5 Å². The molecule has 0 atom stereocenters. The van der Waals surface area contributed by atoms with Crippen LogP contribution in [0, 0.1) is 0 Å². The molecule has 0 unspecified atom stereocenters. The summed E-state index contributed by atoms with van der Waals surface area (Å²) in [6.45, 7) is 0. The Morgan fingerprint density at radius 3 is 1.08 bits per heavy atom. The van der Waals surface area contributed by atoms with E-state index < -0.39 is 8.07 Å². The molecule has 6 heteroatoms. The van der Waals surface area contributed by atoms with Crippen molar-refractivity contribution in [1.29, 1.82) is 0 Å². The van der Waals surface area contributed by atoms with Crippen LogP contribution in [0.3, 0.4) is 0 Å². The van der Waals surface area contributed by atoms with Crippen molar-refractivity contribution in [2.24, 2.45) is 0 Å². The summed E-state index contributed by atoms with van der Waals surface area (Å²) < 4.78 is 0. The summed E-state index contributed by atoms with van der Waals surface area (Å²) in [7, 11) is -3.17. The van der Waals surface area contributed by atoms with E-state index in [0.717, 1.165) is 60.3 Å². The molecule has 0 radical (unpaired) electrons. The number of benzene rings is 3. The summed E-state index contributed by atoms with van der Waals surface area (Å²) in [4.78, 5) is 24.9. The van der Waals surface area contributed by atoms with Gasteiger partial charge in [0, 0.05) is 58.1 Å². The van der Waals surface area contributed by atoms with Crippen molar-refractivity contribution in [3.63, 3.8) is 0 Å². The standard InChI is InChI=1S/C43H31N5Si/c1-3-11-32(12-4-1)34-17-22-38(23-18-34)49(41-24-19-35(29-46-41)33-13-5-2-6-14-33,42-25-20-36(30-47-42)39-15-7-9-27-44-39)43-26-21-37(31-48-43)40-16-8-10-28-45-40/h1-31H. The number of pyridine rings is 5. The maximum Gasteiger partial charge on any atom is 0.243 e. The van der Waals surface area contributed by atoms with E-state index >= 15 is 0 Å². The first-order valence-corrected chi connectivity index (χ1v) is 18.2. The lowest BCUT2D eigenvalue weighted by Gasteiger charge is -2.31. The second-order valence-corrected chi connectivity index (χ2v) is 15.4. The molecule has 0 aliphatic heterocycles. The van der Waals surface area contributed by atoms with Crippen molar-refractivity contribution < 1.29 is 0 Å². The number of hydrogen-bond acceptors (Lipinski definition) is 5. The van der Waals surface area contributed by atoms with Crippen LogP contribution >= 0.6 is 0 Å². The average molecular weight is 646 g/mol. The Morgan fingerprint density at radius 2 is 0.673 bits per heavy atom. The van der Waals surface area contributed by atoms with Crippen LogP contribution in [-0.4, -0.2) is 33.0 Å². The van der Waals surface area contributed by atoms with Gasteiger partial charge in [-0.15, -0.1) is 0 Å². The molecule has 5 heterocycles.